The van der Waals surface area contributed by atoms with E-state index < -0.39 is 0 Å². The molecule has 2 rings (SSSR count). The molecule has 1 heterocycles. The third-order valence-electron chi connectivity index (χ3n) is 3.73. The normalized spacial score (nSPS) is 18.5. The van der Waals surface area contributed by atoms with Crippen molar-refractivity contribution < 1.29 is 9.53 Å². The van der Waals surface area contributed by atoms with Gasteiger partial charge in [0, 0.05) is 31.3 Å². The number of carbonyl (C=O) groups excluding carboxylic acids is 1. The van der Waals surface area contributed by atoms with Crippen LogP contribution in [0.2, 0.25) is 0 Å². The standard InChI is InChI=1S/C15H22N2O2/c1-3-17(9-12-7-8-19-10-12)15(18)13-6-4-5-11(2)14(13)16/h4-6,12H,3,7-10,16H2,1-2H3. The lowest BCUT2D eigenvalue weighted by molar-refractivity contribution is 0.0732. The highest BCUT2D eigenvalue weighted by Crippen LogP contribution is 2.20. The van der Waals surface area contributed by atoms with Crippen LogP contribution in [0.1, 0.15) is 29.3 Å². The van der Waals surface area contributed by atoms with Gasteiger partial charge in [-0.2, -0.15) is 0 Å². The molecule has 0 radical (unpaired) electrons. The molecule has 0 aliphatic carbocycles. The topological polar surface area (TPSA) is 55.6 Å². The first-order valence-corrected chi connectivity index (χ1v) is 6.85. The first kappa shape index (κ1) is 13.9. The van der Waals surface area contributed by atoms with Crippen molar-refractivity contribution in [3.8, 4) is 0 Å². The van der Waals surface area contributed by atoms with E-state index in [9.17, 15) is 4.79 Å². The van der Waals surface area contributed by atoms with Gasteiger partial charge in [-0.3, -0.25) is 4.79 Å². The fraction of sp³-hybridized carbons (Fsp3) is 0.533. The first-order valence-electron chi connectivity index (χ1n) is 6.85. The number of anilines is 1. The summed E-state index contributed by atoms with van der Waals surface area (Å²) in [4.78, 5) is 14.4. The molecule has 1 aromatic carbocycles. The summed E-state index contributed by atoms with van der Waals surface area (Å²) >= 11 is 0. The molecule has 19 heavy (non-hydrogen) atoms. The van der Waals surface area contributed by atoms with Crippen LogP contribution < -0.4 is 5.73 Å². The molecular formula is C15H22N2O2. The summed E-state index contributed by atoms with van der Waals surface area (Å²) in [5, 5.41) is 0. The largest absolute Gasteiger partial charge is 0.398 e. The number of amides is 1. The summed E-state index contributed by atoms with van der Waals surface area (Å²) < 4.78 is 5.37. The van der Waals surface area contributed by atoms with Crippen molar-refractivity contribution in [1.82, 2.24) is 4.90 Å². The number of benzene rings is 1. The van der Waals surface area contributed by atoms with E-state index in [0.29, 0.717) is 23.7 Å². The van der Waals surface area contributed by atoms with Gasteiger partial charge in [-0.25, -0.2) is 0 Å². The van der Waals surface area contributed by atoms with E-state index in [1.807, 2.05) is 30.9 Å². The number of nitrogens with zero attached hydrogens (tertiary/aromatic N) is 1. The van der Waals surface area contributed by atoms with Gasteiger partial charge in [0.25, 0.3) is 5.91 Å². The number of rotatable bonds is 4. The van der Waals surface area contributed by atoms with Gasteiger partial charge >= 0.3 is 0 Å². The van der Waals surface area contributed by atoms with Crippen molar-refractivity contribution >= 4 is 11.6 Å². The maximum Gasteiger partial charge on any atom is 0.255 e. The summed E-state index contributed by atoms with van der Waals surface area (Å²) in [6, 6.07) is 5.61. The van der Waals surface area contributed by atoms with E-state index in [1.165, 1.54) is 0 Å². The summed E-state index contributed by atoms with van der Waals surface area (Å²) in [6.07, 6.45) is 1.03. The zero-order chi connectivity index (χ0) is 13.8. The van der Waals surface area contributed by atoms with Crippen LogP contribution in [0.4, 0.5) is 5.69 Å². The zero-order valence-electron chi connectivity index (χ0n) is 11.7. The smallest absolute Gasteiger partial charge is 0.255 e. The minimum atomic E-state index is 0.0237. The molecule has 0 saturated carbocycles. The Balaban J connectivity index is 2.13. The molecule has 1 atom stereocenters. The number of aryl methyl sites for hydroxylation is 1. The lowest BCUT2D eigenvalue weighted by Crippen LogP contribution is -2.36. The van der Waals surface area contributed by atoms with Crippen molar-refractivity contribution in [3.05, 3.63) is 29.3 Å². The molecule has 0 aromatic heterocycles. The molecule has 1 saturated heterocycles. The van der Waals surface area contributed by atoms with Crippen LogP contribution in [-0.4, -0.2) is 37.1 Å². The van der Waals surface area contributed by atoms with Crippen LogP contribution in [0.5, 0.6) is 0 Å². The van der Waals surface area contributed by atoms with Crippen molar-refractivity contribution in [2.45, 2.75) is 20.3 Å². The van der Waals surface area contributed by atoms with Crippen molar-refractivity contribution in [2.75, 3.05) is 32.0 Å². The fourth-order valence-electron chi connectivity index (χ4n) is 2.43. The average molecular weight is 262 g/mol. The molecular weight excluding hydrogens is 240 g/mol. The average Bonchev–Trinajstić information content (AvgIpc) is 2.91. The number of ether oxygens (including phenoxy) is 1. The van der Waals surface area contributed by atoms with Gasteiger partial charge < -0.3 is 15.4 Å². The van der Waals surface area contributed by atoms with Gasteiger partial charge in [-0.05, 0) is 31.9 Å². The molecule has 1 unspecified atom stereocenters. The Kier molecular flexibility index (Phi) is 4.43. The van der Waals surface area contributed by atoms with Crippen LogP contribution in [0.25, 0.3) is 0 Å². The van der Waals surface area contributed by atoms with E-state index >= 15 is 0 Å². The highest BCUT2D eigenvalue weighted by atomic mass is 16.5. The maximum atomic E-state index is 12.5. The van der Waals surface area contributed by atoms with E-state index in [1.54, 1.807) is 6.07 Å². The SMILES string of the molecule is CCN(CC1CCOC1)C(=O)c1cccc(C)c1N. The van der Waals surface area contributed by atoms with E-state index in [0.717, 1.165) is 31.7 Å². The Hall–Kier alpha value is -1.55. The Morgan fingerprint density at radius 3 is 2.95 bits per heavy atom. The number of nitrogen functional groups attached to an aromatic ring is 1. The van der Waals surface area contributed by atoms with Crippen molar-refractivity contribution in [1.29, 1.82) is 0 Å². The highest BCUT2D eigenvalue weighted by molar-refractivity contribution is 5.99. The minimum Gasteiger partial charge on any atom is -0.398 e. The number of para-hydroxylation sites is 1. The van der Waals surface area contributed by atoms with E-state index in [4.69, 9.17) is 10.5 Å². The second-order valence-electron chi connectivity index (χ2n) is 5.11. The monoisotopic (exact) mass is 262 g/mol. The molecule has 2 N–H and O–H groups in total. The highest BCUT2D eigenvalue weighted by Gasteiger charge is 2.23. The van der Waals surface area contributed by atoms with Gasteiger partial charge in [0.05, 0.1) is 12.2 Å². The summed E-state index contributed by atoms with van der Waals surface area (Å²) in [5.74, 6) is 0.477. The van der Waals surface area contributed by atoms with Crippen LogP contribution >= 0.6 is 0 Å². The van der Waals surface area contributed by atoms with E-state index in [2.05, 4.69) is 0 Å². The lowest BCUT2D eigenvalue weighted by atomic mass is 10.1. The third-order valence-corrected chi connectivity index (χ3v) is 3.73. The molecule has 4 nitrogen and oxygen atoms in total. The van der Waals surface area contributed by atoms with Crippen LogP contribution in [0.15, 0.2) is 18.2 Å². The zero-order valence-corrected chi connectivity index (χ0v) is 11.7. The number of nitrogens with two attached hydrogens (primary N) is 1. The van der Waals surface area contributed by atoms with Crippen LogP contribution in [0, 0.1) is 12.8 Å². The Morgan fingerprint density at radius 2 is 2.32 bits per heavy atom. The van der Waals surface area contributed by atoms with Gasteiger partial charge in [0.15, 0.2) is 0 Å². The molecule has 1 fully saturated rings. The number of hydrogen-bond acceptors (Lipinski definition) is 3. The molecule has 1 aromatic rings. The second kappa shape index (κ2) is 6.06. The molecule has 1 aliphatic heterocycles. The van der Waals surface area contributed by atoms with E-state index in [-0.39, 0.29) is 5.91 Å². The predicted octanol–water partition coefficient (Wildman–Crippen LogP) is 2.08. The van der Waals surface area contributed by atoms with Gasteiger partial charge in [0.1, 0.15) is 0 Å². The molecule has 0 spiro atoms. The Bertz CT molecular complexity index is 453. The Labute approximate surface area is 114 Å². The molecule has 0 bridgehead atoms. The fourth-order valence-corrected chi connectivity index (χ4v) is 2.43. The predicted molar refractivity (Wildman–Crippen MR) is 76.1 cm³/mol. The van der Waals surface area contributed by atoms with Gasteiger partial charge in [0.2, 0.25) is 0 Å². The summed E-state index contributed by atoms with van der Waals surface area (Å²) in [6.45, 7) is 6.94. The first-order chi connectivity index (χ1) is 9.13. The molecule has 1 aliphatic rings. The molecule has 1 amide bonds. The van der Waals surface area contributed by atoms with Gasteiger partial charge in [-0.1, -0.05) is 12.1 Å². The molecule has 104 valence electrons. The van der Waals surface area contributed by atoms with Crippen LogP contribution in [-0.2, 0) is 4.74 Å². The number of hydrogen-bond donors (Lipinski definition) is 1. The third kappa shape index (κ3) is 3.07. The van der Waals surface area contributed by atoms with Crippen molar-refractivity contribution in [2.24, 2.45) is 5.92 Å². The molecule has 4 heteroatoms. The second-order valence-corrected chi connectivity index (χ2v) is 5.11. The van der Waals surface area contributed by atoms with Gasteiger partial charge in [-0.15, -0.1) is 0 Å². The number of carbonyl (C=O) groups is 1. The summed E-state index contributed by atoms with van der Waals surface area (Å²) in [7, 11) is 0. The van der Waals surface area contributed by atoms with Crippen LogP contribution in [0.3, 0.4) is 0 Å². The maximum absolute atomic E-state index is 12.5. The lowest BCUT2D eigenvalue weighted by Gasteiger charge is -2.24. The minimum absolute atomic E-state index is 0.0237. The quantitative estimate of drug-likeness (QED) is 0.845. The summed E-state index contributed by atoms with van der Waals surface area (Å²) in [5.41, 5.74) is 8.17. The van der Waals surface area contributed by atoms with Crippen molar-refractivity contribution in [3.63, 3.8) is 0 Å². The Morgan fingerprint density at radius 1 is 1.53 bits per heavy atom.